The lowest BCUT2D eigenvalue weighted by Crippen LogP contribution is -2.27. The second-order valence-corrected chi connectivity index (χ2v) is 5.81. The van der Waals surface area contributed by atoms with Crippen LogP contribution in [-0.2, 0) is 16.6 Å². The average molecular weight is 269 g/mol. The fraction of sp³-hybridized carbons (Fsp3) is 0.182. The topological polar surface area (TPSA) is 66.1 Å². The molecule has 5 nitrogen and oxygen atoms in total. The van der Waals surface area contributed by atoms with E-state index in [-0.39, 0.29) is 11.4 Å². The zero-order valence-electron chi connectivity index (χ0n) is 9.67. The van der Waals surface area contributed by atoms with Gasteiger partial charge in [-0.25, -0.2) is 12.8 Å². The van der Waals surface area contributed by atoms with Crippen molar-refractivity contribution in [2.45, 2.75) is 11.4 Å². The Balaban J connectivity index is 2.29. The predicted molar refractivity (Wildman–Crippen MR) is 63.6 cm³/mol. The lowest BCUT2D eigenvalue weighted by molar-refractivity contribution is 0.460. The van der Waals surface area contributed by atoms with E-state index >= 15 is 0 Å². The van der Waals surface area contributed by atoms with E-state index in [1.54, 1.807) is 6.20 Å². The van der Waals surface area contributed by atoms with Crippen LogP contribution < -0.4 is 0 Å². The van der Waals surface area contributed by atoms with Crippen molar-refractivity contribution >= 4 is 10.0 Å². The van der Waals surface area contributed by atoms with E-state index < -0.39 is 15.8 Å². The van der Waals surface area contributed by atoms with Gasteiger partial charge in [-0.2, -0.15) is 9.40 Å². The number of aromatic amines is 1. The van der Waals surface area contributed by atoms with Crippen molar-refractivity contribution in [3.8, 4) is 0 Å². The van der Waals surface area contributed by atoms with E-state index in [9.17, 15) is 12.8 Å². The van der Waals surface area contributed by atoms with E-state index in [2.05, 4.69) is 10.2 Å². The Morgan fingerprint density at radius 2 is 2.11 bits per heavy atom. The van der Waals surface area contributed by atoms with E-state index in [1.807, 2.05) is 0 Å². The third-order valence-corrected chi connectivity index (χ3v) is 4.32. The minimum absolute atomic E-state index is 0.132. The molecule has 1 N–H and O–H groups in total. The van der Waals surface area contributed by atoms with Crippen molar-refractivity contribution in [1.82, 2.24) is 14.5 Å². The lowest BCUT2D eigenvalue weighted by Gasteiger charge is -2.16. The van der Waals surface area contributed by atoms with Crippen molar-refractivity contribution in [3.05, 3.63) is 48.0 Å². The second-order valence-electron chi connectivity index (χ2n) is 3.80. The van der Waals surface area contributed by atoms with Crippen molar-refractivity contribution in [2.24, 2.45) is 0 Å². The molecule has 0 unspecified atom stereocenters. The summed E-state index contributed by atoms with van der Waals surface area (Å²) in [6.45, 7) is 0.132. The van der Waals surface area contributed by atoms with Crippen LogP contribution in [0.5, 0.6) is 0 Å². The minimum atomic E-state index is -3.83. The molecule has 2 rings (SSSR count). The van der Waals surface area contributed by atoms with Crippen LogP contribution in [-0.4, -0.2) is 30.0 Å². The summed E-state index contributed by atoms with van der Waals surface area (Å²) in [4.78, 5) is -0.323. The Morgan fingerprint density at radius 3 is 2.72 bits per heavy atom. The molecule has 0 bridgehead atoms. The highest BCUT2D eigenvalue weighted by Crippen LogP contribution is 2.19. The highest BCUT2D eigenvalue weighted by atomic mass is 32.2. The maximum absolute atomic E-state index is 13.5. The number of hydrogen-bond acceptors (Lipinski definition) is 3. The molecule has 2 aromatic rings. The summed E-state index contributed by atoms with van der Waals surface area (Å²) in [6, 6.07) is 5.31. The molecule has 0 saturated heterocycles. The molecule has 0 fully saturated rings. The first kappa shape index (κ1) is 12.7. The minimum Gasteiger partial charge on any atom is -0.285 e. The first-order chi connectivity index (χ1) is 8.51. The number of halogens is 1. The smallest absolute Gasteiger partial charge is 0.246 e. The van der Waals surface area contributed by atoms with Gasteiger partial charge < -0.3 is 0 Å². The third-order valence-electron chi connectivity index (χ3n) is 2.48. The lowest BCUT2D eigenvalue weighted by atomic mass is 10.3. The van der Waals surface area contributed by atoms with Gasteiger partial charge in [0.05, 0.1) is 6.20 Å². The van der Waals surface area contributed by atoms with Crippen LogP contribution in [0.4, 0.5) is 4.39 Å². The fourth-order valence-electron chi connectivity index (χ4n) is 1.53. The maximum Gasteiger partial charge on any atom is 0.246 e. The van der Waals surface area contributed by atoms with Gasteiger partial charge in [0.2, 0.25) is 10.0 Å². The second kappa shape index (κ2) is 4.87. The van der Waals surface area contributed by atoms with Crippen LogP contribution in [0.2, 0.25) is 0 Å². The maximum atomic E-state index is 13.5. The summed E-state index contributed by atoms with van der Waals surface area (Å²) in [5.41, 5.74) is 0.706. The van der Waals surface area contributed by atoms with E-state index in [0.29, 0.717) is 5.56 Å². The summed E-state index contributed by atoms with van der Waals surface area (Å²) >= 11 is 0. The van der Waals surface area contributed by atoms with Crippen LogP contribution in [0.1, 0.15) is 5.56 Å². The van der Waals surface area contributed by atoms with Gasteiger partial charge in [-0.1, -0.05) is 12.1 Å². The molecule has 18 heavy (non-hydrogen) atoms. The number of nitrogens with one attached hydrogen (secondary N) is 1. The van der Waals surface area contributed by atoms with Gasteiger partial charge in [-0.15, -0.1) is 0 Å². The van der Waals surface area contributed by atoms with Crippen LogP contribution in [0.25, 0.3) is 0 Å². The SMILES string of the molecule is CN(Cc1cn[nH]c1)S(=O)(=O)c1ccccc1F. The van der Waals surface area contributed by atoms with Crippen molar-refractivity contribution in [1.29, 1.82) is 0 Å². The van der Waals surface area contributed by atoms with Gasteiger partial charge >= 0.3 is 0 Å². The first-order valence-corrected chi connectivity index (χ1v) is 6.64. The monoisotopic (exact) mass is 269 g/mol. The molecule has 0 aliphatic heterocycles. The molecule has 1 aromatic carbocycles. The third kappa shape index (κ3) is 2.41. The van der Waals surface area contributed by atoms with E-state index in [4.69, 9.17) is 0 Å². The van der Waals surface area contributed by atoms with Gasteiger partial charge in [-0.05, 0) is 12.1 Å². The Labute approximate surface area is 104 Å². The molecule has 0 spiro atoms. The highest BCUT2D eigenvalue weighted by Gasteiger charge is 2.24. The molecule has 7 heteroatoms. The van der Waals surface area contributed by atoms with Gasteiger partial charge in [0.15, 0.2) is 0 Å². The van der Waals surface area contributed by atoms with E-state index in [0.717, 1.165) is 10.4 Å². The molecule has 0 aliphatic carbocycles. The summed E-state index contributed by atoms with van der Waals surface area (Å²) in [7, 11) is -2.43. The highest BCUT2D eigenvalue weighted by molar-refractivity contribution is 7.89. The summed E-state index contributed by atoms with van der Waals surface area (Å²) in [5.74, 6) is -0.753. The largest absolute Gasteiger partial charge is 0.285 e. The molecule has 1 aromatic heterocycles. The quantitative estimate of drug-likeness (QED) is 0.911. The molecule has 1 heterocycles. The first-order valence-electron chi connectivity index (χ1n) is 5.20. The average Bonchev–Trinajstić information content (AvgIpc) is 2.82. The Morgan fingerprint density at radius 1 is 1.39 bits per heavy atom. The molecule has 0 amide bonds. The van der Waals surface area contributed by atoms with E-state index in [1.165, 1.54) is 31.4 Å². The van der Waals surface area contributed by atoms with Gasteiger partial charge in [0.25, 0.3) is 0 Å². The zero-order chi connectivity index (χ0) is 13.2. The van der Waals surface area contributed by atoms with Gasteiger partial charge in [0, 0.05) is 25.4 Å². The summed E-state index contributed by atoms with van der Waals surface area (Å²) < 4.78 is 38.8. The molecular weight excluding hydrogens is 257 g/mol. The molecular formula is C11H12FN3O2S. The van der Waals surface area contributed by atoms with Crippen LogP contribution in [0, 0.1) is 5.82 Å². The Hall–Kier alpha value is -1.73. The normalized spacial score (nSPS) is 11.9. The summed E-state index contributed by atoms with van der Waals surface area (Å²) in [5, 5.41) is 6.32. The van der Waals surface area contributed by atoms with Gasteiger partial charge in [-0.3, -0.25) is 5.10 Å². The van der Waals surface area contributed by atoms with Crippen molar-refractivity contribution < 1.29 is 12.8 Å². The molecule has 96 valence electrons. The number of H-pyrrole nitrogens is 1. The zero-order valence-corrected chi connectivity index (χ0v) is 10.5. The molecule has 0 radical (unpaired) electrons. The number of benzene rings is 1. The van der Waals surface area contributed by atoms with Crippen molar-refractivity contribution in [3.63, 3.8) is 0 Å². The molecule has 0 atom stereocenters. The Bertz CT molecular complexity index is 625. The summed E-state index contributed by atoms with van der Waals surface area (Å²) in [6.07, 6.45) is 3.11. The number of nitrogens with zero attached hydrogens (tertiary/aromatic N) is 2. The fourth-order valence-corrected chi connectivity index (χ4v) is 2.75. The standard InChI is InChI=1S/C11H12FN3O2S/c1-15(8-9-6-13-14-7-9)18(16,17)11-5-3-2-4-10(11)12/h2-7H,8H2,1H3,(H,13,14). The van der Waals surface area contributed by atoms with Crippen LogP contribution in [0.3, 0.4) is 0 Å². The Kier molecular flexibility index (Phi) is 3.44. The predicted octanol–water partition coefficient (Wildman–Crippen LogP) is 1.37. The molecule has 0 aliphatic rings. The number of rotatable bonds is 4. The number of sulfonamides is 1. The van der Waals surface area contributed by atoms with Crippen LogP contribution >= 0.6 is 0 Å². The van der Waals surface area contributed by atoms with Crippen LogP contribution in [0.15, 0.2) is 41.6 Å². The van der Waals surface area contributed by atoms with Crippen molar-refractivity contribution in [2.75, 3.05) is 7.05 Å². The molecule has 0 saturated carbocycles. The van der Waals surface area contributed by atoms with Gasteiger partial charge in [0.1, 0.15) is 10.7 Å². The number of aromatic nitrogens is 2. The number of hydrogen-bond donors (Lipinski definition) is 1.